The smallest absolute Gasteiger partial charge is 0.242 e. The molecule has 0 aromatic rings. The fraction of sp³-hybridized carbons (Fsp3) is 0.909. The minimum Gasteiger partial charge on any atom is -0.381 e. The van der Waals surface area contributed by atoms with Gasteiger partial charge in [-0.25, -0.2) is 8.42 Å². The van der Waals surface area contributed by atoms with Gasteiger partial charge in [-0.15, -0.1) is 0 Å². The van der Waals surface area contributed by atoms with Crippen LogP contribution in [0.5, 0.6) is 0 Å². The molecule has 0 radical (unpaired) electrons. The van der Waals surface area contributed by atoms with Gasteiger partial charge in [0.15, 0.2) is 0 Å². The molecule has 0 unspecified atom stereocenters. The third kappa shape index (κ3) is 3.25. The van der Waals surface area contributed by atoms with Crippen molar-refractivity contribution in [1.82, 2.24) is 9.21 Å². The van der Waals surface area contributed by atoms with Gasteiger partial charge in [-0.2, -0.15) is 4.31 Å². The predicted octanol–water partition coefficient (Wildman–Crippen LogP) is -1.40. The zero-order valence-electron chi connectivity index (χ0n) is 11.2. The summed E-state index contributed by atoms with van der Waals surface area (Å²) < 4.78 is 29.4. The summed E-state index contributed by atoms with van der Waals surface area (Å²) in [4.78, 5) is 14.1. The average Bonchev–Trinajstić information content (AvgIpc) is 2.38. The van der Waals surface area contributed by atoms with Crippen molar-refractivity contribution >= 4 is 15.9 Å². The summed E-state index contributed by atoms with van der Waals surface area (Å²) in [5.41, 5.74) is 5.31. The highest BCUT2D eigenvalue weighted by Gasteiger charge is 2.40. The number of nitrogens with zero attached hydrogens (tertiary/aromatic N) is 2. The first kappa shape index (κ1) is 14.7. The summed E-state index contributed by atoms with van der Waals surface area (Å²) in [6.07, 6.45) is 2.24. The van der Waals surface area contributed by atoms with Gasteiger partial charge < -0.3 is 15.4 Å². The molecule has 0 saturated carbocycles. The van der Waals surface area contributed by atoms with Crippen LogP contribution in [-0.2, 0) is 19.6 Å². The van der Waals surface area contributed by atoms with Crippen LogP contribution in [0.2, 0.25) is 0 Å². The van der Waals surface area contributed by atoms with Crippen LogP contribution < -0.4 is 5.73 Å². The summed E-state index contributed by atoms with van der Waals surface area (Å²) in [6.45, 7) is 2.52. The monoisotopic (exact) mass is 291 g/mol. The maximum Gasteiger partial charge on any atom is 0.242 e. The maximum atomic E-state index is 12.4. The predicted molar refractivity (Wildman–Crippen MR) is 70.0 cm³/mol. The second-order valence-corrected chi connectivity index (χ2v) is 7.21. The second kappa shape index (κ2) is 5.35. The van der Waals surface area contributed by atoms with Gasteiger partial charge in [0.05, 0.1) is 11.8 Å². The van der Waals surface area contributed by atoms with Crippen LogP contribution in [0.15, 0.2) is 0 Å². The molecule has 2 N–H and O–H groups in total. The molecule has 0 aliphatic carbocycles. The maximum absolute atomic E-state index is 12.4. The summed E-state index contributed by atoms with van der Waals surface area (Å²) in [5, 5.41) is 0. The molecular weight excluding hydrogens is 270 g/mol. The number of hydrogen-bond donors (Lipinski definition) is 1. The highest BCUT2D eigenvalue weighted by atomic mass is 32.2. The van der Waals surface area contributed by atoms with E-state index in [1.807, 2.05) is 0 Å². The van der Waals surface area contributed by atoms with E-state index in [0.29, 0.717) is 52.2 Å². The molecule has 0 aromatic carbocycles. The van der Waals surface area contributed by atoms with Crippen LogP contribution in [0.25, 0.3) is 0 Å². The number of hydrogen-bond acceptors (Lipinski definition) is 5. The lowest BCUT2D eigenvalue weighted by Crippen LogP contribution is -2.61. The Hall–Kier alpha value is -0.700. The van der Waals surface area contributed by atoms with Crippen LogP contribution in [-0.4, -0.2) is 74.7 Å². The first-order valence-corrected chi connectivity index (χ1v) is 8.29. The van der Waals surface area contributed by atoms with Crippen LogP contribution in [0.1, 0.15) is 12.8 Å². The quantitative estimate of drug-likeness (QED) is 0.675. The summed E-state index contributed by atoms with van der Waals surface area (Å²) in [7, 11) is -3.17. The second-order valence-electron chi connectivity index (χ2n) is 5.22. The normalized spacial score (nSPS) is 25.3. The van der Waals surface area contributed by atoms with E-state index >= 15 is 0 Å². The molecule has 2 aliphatic rings. The van der Waals surface area contributed by atoms with Crippen LogP contribution in [0.4, 0.5) is 0 Å². The largest absolute Gasteiger partial charge is 0.381 e. The molecule has 1 amide bonds. The Bertz CT molecular complexity index is 437. The highest BCUT2D eigenvalue weighted by molar-refractivity contribution is 7.88. The standard InChI is InChI=1S/C11H21N3O4S/c1-19(16,17)14-6-4-13(5-7-14)10(15)11(12)2-8-18-9-3-11/h2-9,12H2,1H3. The molecule has 19 heavy (non-hydrogen) atoms. The van der Waals surface area contributed by atoms with Crippen molar-refractivity contribution in [2.45, 2.75) is 18.4 Å². The van der Waals surface area contributed by atoms with E-state index in [-0.39, 0.29) is 5.91 Å². The Morgan fingerprint density at radius 2 is 1.68 bits per heavy atom. The zero-order valence-corrected chi connectivity index (χ0v) is 12.0. The van der Waals surface area contributed by atoms with Crippen LogP contribution in [0, 0.1) is 0 Å². The minimum absolute atomic E-state index is 0.0797. The minimum atomic E-state index is -3.17. The molecule has 0 aromatic heterocycles. The molecule has 0 spiro atoms. The zero-order chi connectivity index (χ0) is 14.1. The Balaban J connectivity index is 1.96. The third-order valence-electron chi connectivity index (χ3n) is 3.81. The molecule has 2 saturated heterocycles. The van der Waals surface area contributed by atoms with E-state index in [0.717, 1.165) is 0 Å². The van der Waals surface area contributed by atoms with E-state index in [1.165, 1.54) is 10.6 Å². The van der Waals surface area contributed by atoms with Crippen molar-refractivity contribution in [3.8, 4) is 0 Å². The van der Waals surface area contributed by atoms with Gasteiger partial charge in [-0.1, -0.05) is 0 Å². The number of sulfonamides is 1. The number of carbonyl (C=O) groups is 1. The van der Waals surface area contributed by atoms with Gasteiger partial charge in [-0.05, 0) is 12.8 Å². The molecule has 2 fully saturated rings. The fourth-order valence-corrected chi connectivity index (χ4v) is 3.31. The van der Waals surface area contributed by atoms with Gasteiger partial charge in [0.25, 0.3) is 0 Å². The summed E-state index contributed by atoms with van der Waals surface area (Å²) in [6, 6.07) is 0. The van der Waals surface area contributed by atoms with E-state index < -0.39 is 15.6 Å². The molecular formula is C11H21N3O4S. The molecule has 0 atom stereocenters. The topological polar surface area (TPSA) is 92.9 Å². The number of ether oxygens (including phenoxy) is 1. The van der Waals surface area contributed by atoms with Crippen molar-refractivity contribution in [3.63, 3.8) is 0 Å². The highest BCUT2D eigenvalue weighted by Crippen LogP contribution is 2.21. The van der Waals surface area contributed by atoms with Crippen LogP contribution >= 0.6 is 0 Å². The van der Waals surface area contributed by atoms with E-state index in [9.17, 15) is 13.2 Å². The van der Waals surface area contributed by atoms with Gasteiger partial charge in [-0.3, -0.25) is 4.79 Å². The van der Waals surface area contributed by atoms with Crippen molar-refractivity contribution < 1.29 is 17.9 Å². The molecule has 7 nitrogen and oxygen atoms in total. The number of amides is 1. The number of nitrogens with two attached hydrogens (primary N) is 1. The summed E-state index contributed by atoms with van der Waals surface area (Å²) in [5.74, 6) is -0.0797. The van der Waals surface area contributed by atoms with Gasteiger partial charge >= 0.3 is 0 Å². The molecule has 0 bridgehead atoms. The fourth-order valence-electron chi connectivity index (χ4n) is 2.49. The average molecular weight is 291 g/mol. The van der Waals surface area contributed by atoms with Crippen molar-refractivity contribution in [2.24, 2.45) is 5.73 Å². The number of piperazine rings is 1. The Kier molecular flexibility index (Phi) is 4.14. The van der Waals surface area contributed by atoms with Crippen molar-refractivity contribution in [3.05, 3.63) is 0 Å². The Morgan fingerprint density at radius 3 is 2.16 bits per heavy atom. The number of rotatable bonds is 2. The SMILES string of the molecule is CS(=O)(=O)N1CCN(C(=O)C2(N)CCOCC2)CC1. The molecule has 2 heterocycles. The van der Waals surface area contributed by atoms with Crippen molar-refractivity contribution in [2.75, 3.05) is 45.6 Å². The van der Waals surface area contributed by atoms with Gasteiger partial charge in [0.1, 0.15) is 0 Å². The molecule has 8 heteroatoms. The molecule has 2 rings (SSSR count). The van der Waals surface area contributed by atoms with E-state index in [2.05, 4.69) is 0 Å². The Morgan fingerprint density at radius 1 is 1.16 bits per heavy atom. The Labute approximate surface area is 113 Å². The lowest BCUT2D eigenvalue weighted by atomic mass is 9.89. The van der Waals surface area contributed by atoms with Crippen LogP contribution in [0.3, 0.4) is 0 Å². The first-order valence-electron chi connectivity index (χ1n) is 6.44. The van der Waals surface area contributed by atoms with Gasteiger partial charge in [0, 0.05) is 39.4 Å². The molecule has 2 aliphatic heterocycles. The summed E-state index contributed by atoms with van der Waals surface area (Å²) >= 11 is 0. The number of carbonyl (C=O) groups excluding carboxylic acids is 1. The van der Waals surface area contributed by atoms with Gasteiger partial charge in [0.2, 0.25) is 15.9 Å². The first-order chi connectivity index (χ1) is 8.83. The lowest BCUT2D eigenvalue weighted by molar-refractivity contribution is -0.141. The van der Waals surface area contributed by atoms with E-state index in [4.69, 9.17) is 10.5 Å². The molecule has 110 valence electrons. The third-order valence-corrected chi connectivity index (χ3v) is 5.11. The lowest BCUT2D eigenvalue weighted by Gasteiger charge is -2.40. The van der Waals surface area contributed by atoms with E-state index in [1.54, 1.807) is 4.90 Å². The van der Waals surface area contributed by atoms with Crippen molar-refractivity contribution in [1.29, 1.82) is 0 Å².